The SMILES string of the molecule is Cc1cc(C(=O)NNS(=O)(=O)c2ccc3ccccc3c2)c(C)o1. The van der Waals surface area contributed by atoms with Crippen LogP contribution in [0.5, 0.6) is 0 Å². The maximum absolute atomic E-state index is 12.4. The minimum atomic E-state index is -3.87. The molecule has 1 aromatic heterocycles. The van der Waals surface area contributed by atoms with Gasteiger partial charge in [-0.25, -0.2) is 8.42 Å². The molecule has 0 spiro atoms. The van der Waals surface area contributed by atoms with Crippen molar-refractivity contribution in [2.24, 2.45) is 0 Å². The lowest BCUT2D eigenvalue weighted by Crippen LogP contribution is -2.41. The molecule has 3 aromatic rings. The van der Waals surface area contributed by atoms with Crippen molar-refractivity contribution in [3.63, 3.8) is 0 Å². The van der Waals surface area contributed by atoms with Crippen LogP contribution in [0.3, 0.4) is 0 Å². The molecule has 2 aromatic carbocycles. The van der Waals surface area contributed by atoms with Crippen molar-refractivity contribution < 1.29 is 17.6 Å². The molecule has 0 aliphatic heterocycles. The largest absolute Gasteiger partial charge is 0.466 e. The van der Waals surface area contributed by atoms with Gasteiger partial charge in [-0.1, -0.05) is 30.3 Å². The summed E-state index contributed by atoms with van der Waals surface area (Å²) >= 11 is 0. The fourth-order valence-corrected chi connectivity index (χ4v) is 3.30. The molecule has 0 aliphatic carbocycles. The molecule has 0 saturated carbocycles. The second-order valence-electron chi connectivity index (χ2n) is 5.40. The maximum Gasteiger partial charge on any atom is 0.269 e. The van der Waals surface area contributed by atoms with Crippen LogP contribution in [0.4, 0.5) is 0 Å². The van der Waals surface area contributed by atoms with E-state index in [-0.39, 0.29) is 10.5 Å². The molecule has 7 heteroatoms. The minimum Gasteiger partial charge on any atom is -0.466 e. The first-order valence-corrected chi connectivity index (χ1v) is 8.73. The molecule has 0 atom stereocenters. The van der Waals surface area contributed by atoms with E-state index in [0.717, 1.165) is 10.8 Å². The van der Waals surface area contributed by atoms with Gasteiger partial charge in [0, 0.05) is 0 Å². The summed E-state index contributed by atoms with van der Waals surface area (Å²) in [5.74, 6) is 0.429. The van der Waals surface area contributed by atoms with Gasteiger partial charge in [0.1, 0.15) is 11.5 Å². The average molecular weight is 344 g/mol. The Morgan fingerprint density at radius 3 is 2.38 bits per heavy atom. The zero-order chi connectivity index (χ0) is 17.3. The monoisotopic (exact) mass is 344 g/mol. The smallest absolute Gasteiger partial charge is 0.269 e. The number of carbonyl (C=O) groups is 1. The molecule has 0 bridgehead atoms. The summed E-state index contributed by atoms with van der Waals surface area (Å²) in [5, 5.41) is 1.73. The standard InChI is InChI=1S/C17H16N2O4S/c1-11-9-16(12(2)23-11)17(20)18-19-24(21,22)15-8-7-13-5-3-4-6-14(13)10-15/h3-10,19H,1-2H3,(H,18,20). The summed E-state index contributed by atoms with van der Waals surface area (Å²) in [6.07, 6.45) is 0. The molecule has 3 rings (SSSR count). The number of amides is 1. The van der Waals surface area contributed by atoms with E-state index in [2.05, 4.69) is 10.3 Å². The van der Waals surface area contributed by atoms with Gasteiger partial charge >= 0.3 is 0 Å². The first-order valence-electron chi connectivity index (χ1n) is 7.25. The highest BCUT2D eigenvalue weighted by Gasteiger charge is 2.18. The molecular formula is C17H16N2O4S. The number of carbonyl (C=O) groups excluding carboxylic acids is 1. The third kappa shape index (κ3) is 3.17. The number of aryl methyl sites for hydroxylation is 2. The Balaban J connectivity index is 1.80. The molecular weight excluding hydrogens is 328 g/mol. The predicted octanol–water partition coefficient (Wildman–Crippen LogP) is 2.67. The van der Waals surface area contributed by atoms with Crippen LogP contribution in [0.25, 0.3) is 10.8 Å². The summed E-state index contributed by atoms with van der Waals surface area (Å²) in [6, 6.07) is 13.7. The van der Waals surface area contributed by atoms with Gasteiger partial charge in [0.05, 0.1) is 10.5 Å². The predicted molar refractivity (Wildman–Crippen MR) is 89.9 cm³/mol. The van der Waals surface area contributed by atoms with E-state index in [1.54, 1.807) is 32.0 Å². The van der Waals surface area contributed by atoms with Crippen molar-refractivity contribution in [2.45, 2.75) is 18.7 Å². The van der Waals surface area contributed by atoms with E-state index in [1.165, 1.54) is 6.07 Å². The number of hydrogen-bond acceptors (Lipinski definition) is 4. The van der Waals surface area contributed by atoms with E-state index < -0.39 is 15.9 Å². The maximum atomic E-state index is 12.4. The van der Waals surface area contributed by atoms with Crippen molar-refractivity contribution in [3.8, 4) is 0 Å². The quantitative estimate of drug-likeness (QED) is 0.712. The number of hydrazine groups is 1. The van der Waals surface area contributed by atoms with Gasteiger partial charge in [0.2, 0.25) is 0 Å². The highest BCUT2D eigenvalue weighted by Crippen LogP contribution is 2.18. The highest BCUT2D eigenvalue weighted by atomic mass is 32.2. The number of rotatable bonds is 4. The summed E-state index contributed by atoms with van der Waals surface area (Å²) in [7, 11) is -3.87. The lowest BCUT2D eigenvalue weighted by atomic mass is 10.1. The second-order valence-corrected chi connectivity index (χ2v) is 7.08. The van der Waals surface area contributed by atoms with Gasteiger partial charge in [-0.05, 0) is 42.8 Å². The number of sulfonamides is 1. The Bertz CT molecular complexity index is 1020. The Morgan fingerprint density at radius 1 is 1.00 bits per heavy atom. The molecule has 24 heavy (non-hydrogen) atoms. The first-order chi connectivity index (χ1) is 11.4. The molecule has 1 heterocycles. The molecule has 0 aliphatic rings. The van der Waals surface area contributed by atoms with E-state index in [1.807, 2.05) is 24.3 Å². The van der Waals surface area contributed by atoms with E-state index in [9.17, 15) is 13.2 Å². The lowest BCUT2D eigenvalue weighted by molar-refractivity contribution is 0.0943. The van der Waals surface area contributed by atoms with Gasteiger partial charge < -0.3 is 4.42 Å². The minimum absolute atomic E-state index is 0.0709. The summed E-state index contributed by atoms with van der Waals surface area (Å²) in [6.45, 7) is 3.35. The fourth-order valence-electron chi connectivity index (χ4n) is 2.43. The summed E-state index contributed by atoms with van der Waals surface area (Å²) in [4.78, 5) is 14.2. The molecule has 1 amide bonds. The van der Waals surface area contributed by atoms with E-state index >= 15 is 0 Å². The second kappa shape index (κ2) is 6.10. The molecule has 2 N–H and O–H groups in total. The van der Waals surface area contributed by atoms with Crippen LogP contribution in [-0.2, 0) is 10.0 Å². The summed E-state index contributed by atoms with van der Waals surface area (Å²) in [5.41, 5.74) is 2.49. The zero-order valence-electron chi connectivity index (χ0n) is 13.2. The third-order valence-corrected chi connectivity index (χ3v) is 4.86. The van der Waals surface area contributed by atoms with Crippen LogP contribution in [0.15, 0.2) is 57.8 Å². The topological polar surface area (TPSA) is 88.4 Å². The Kier molecular flexibility index (Phi) is 4.13. The molecule has 124 valence electrons. The average Bonchev–Trinajstić information content (AvgIpc) is 2.90. The number of fused-ring (bicyclic) bond motifs is 1. The highest BCUT2D eigenvalue weighted by molar-refractivity contribution is 7.89. The Morgan fingerprint density at radius 2 is 1.71 bits per heavy atom. The third-order valence-electron chi connectivity index (χ3n) is 3.62. The number of furan rings is 1. The number of hydrogen-bond donors (Lipinski definition) is 2. The lowest BCUT2D eigenvalue weighted by Gasteiger charge is -2.09. The molecule has 0 unspecified atom stereocenters. The van der Waals surface area contributed by atoms with Crippen molar-refractivity contribution in [2.75, 3.05) is 0 Å². The first kappa shape index (κ1) is 16.2. The molecule has 6 nitrogen and oxygen atoms in total. The van der Waals surface area contributed by atoms with Crippen molar-refractivity contribution in [1.82, 2.24) is 10.3 Å². The summed E-state index contributed by atoms with van der Waals surface area (Å²) < 4.78 is 30.0. The van der Waals surface area contributed by atoms with Crippen molar-refractivity contribution in [3.05, 3.63) is 65.6 Å². The van der Waals surface area contributed by atoms with Gasteiger partial charge in [0.25, 0.3) is 15.9 Å². The van der Waals surface area contributed by atoms with Crippen LogP contribution < -0.4 is 10.3 Å². The van der Waals surface area contributed by atoms with Gasteiger partial charge in [0.15, 0.2) is 0 Å². The van der Waals surface area contributed by atoms with E-state index in [0.29, 0.717) is 11.5 Å². The van der Waals surface area contributed by atoms with Crippen LogP contribution in [0.1, 0.15) is 21.9 Å². The van der Waals surface area contributed by atoms with Crippen molar-refractivity contribution in [1.29, 1.82) is 0 Å². The van der Waals surface area contributed by atoms with Gasteiger partial charge in [-0.2, -0.15) is 0 Å². The molecule has 0 saturated heterocycles. The Labute approximate surface area is 139 Å². The van der Waals surface area contributed by atoms with Gasteiger partial charge in [-0.15, -0.1) is 4.83 Å². The van der Waals surface area contributed by atoms with E-state index in [4.69, 9.17) is 4.42 Å². The van der Waals surface area contributed by atoms with Crippen LogP contribution in [-0.4, -0.2) is 14.3 Å². The number of nitrogens with one attached hydrogen (secondary N) is 2. The van der Waals surface area contributed by atoms with Crippen LogP contribution in [0, 0.1) is 13.8 Å². The molecule has 0 radical (unpaired) electrons. The van der Waals surface area contributed by atoms with Crippen LogP contribution >= 0.6 is 0 Å². The van der Waals surface area contributed by atoms with Crippen LogP contribution in [0.2, 0.25) is 0 Å². The Hall–Kier alpha value is -2.64. The van der Waals surface area contributed by atoms with Crippen molar-refractivity contribution >= 4 is 26.7 Å². The molecule has 0 fully saturated rings. The normalized spacial score (nSPS) is 11.6. The fraction of sp³-hybridized carbons (Fsp3) is 0.118. The zero-order valence-corrected chi connectivity index (χ0v) is 14.0. The number of benzene rings is 2. The van der Waals surface area contributed by atoms with Gasteiger partial charge in [-0.3, -0.25) is 10.2 Å².